The number of hydrogen-bond donors (Lipinski definition) is 0. The van der Waals surface area contributed by atoms with Gasteiger partial charge in [-0.2, -0.15) is 5.26 Å². The van der Waals surface area contributed by atoms with Gasteiger partial charge in [0.2, 0.25) is 0 Å². The minimum Gasteiger partial charge on any atom is -0.372 e. The summed E-state index contributed by atoms with van der Waals surface area (Å²) in [6, 6.07) is 7.26. The van der Waals surface area contributed by atoms with Crippen molar-refractivity contribution in [2.24, 2.45) is 0 Å². The van der Waals surface area contributed by atoms with Crippen molar-refractivity contribution in [2.75, 3.05) is 12.9 Å². The number of aromatic nitrogens is 1. The molecule has 2 rings (SSSR count). The Hall–Kier alpha value is -0.970. The lowest BCUT2D eigenvalue weighted by Crippen LogP contribution is -2.44. The first-order valence-electron chi connectivity index (χ1n) is 5.73. The summed E-state index contributed by atoms with van der Waals surface area (Å²) in [4.78, 5) is 4.34. The van der Waals surface area contributed by atoms with Gasteiger partial charge in [-0.3, -0.25) is 0 Å². The zero-order valence-corrected chi connectivity index (χ0v) is 12.7. The van der Waals surface area contributed by atoms with Gasteiger partial charge in [0.05, 0.1) is 17.5 Å². The fourth-order valence-corrected chi connectivity index (χ4v) is 4.21. The van der Waals surface area contributed by atoms with Crippen LogP contribution in [0.15, 0.2) is 22.8 Å². The van der Waals surface area contributed by atoms with Crippen LogP contribution in [-0.4, -0.2) is 31.5 Å². The van der Waals surface area contributed by atoms with E-state index in [1.54, 1.807) is 12.1 Å². The van der Waals surface area contributed by atoms with Gasteiger partial charge in [0.15, 0.2) is 15.1 Å². The summed E-state index contributed by atoms with van der Waals surface area (Å²) in [6.45, 7) is 0. The number of nitrogens with zero attached hydrogens (tertiary/aromatic N) is 2. The highest BCUT2D eigenvalue weighted by Crippen LogP contribution is 2.39. The summed E-state index contributed by atoms with van der Waals surface area (Å²) in [7, 11) is -1.83. The molecule has 1 aliphatic rings. The summed E-state index contributed by atoms with van der Waals surface area (Å²) in [5.74, 6) is -0.0622. The molecule has 0 bridgehead atoms. The molecule has 0 amide bonds. The van der Waals surface area contributed by atoms with Crippen LogP contribution < -0.4 is 0 Å². The molecule has 5 nitrogen and oxygen atoms in total. The first-order chi connectivity index (χ1) is 8.93. The van der Waals surface area contributed by atoms with E-state index in [9.17, 15) is 8.42 Å². The normalized spacial score (nSPS) is 29.6. The fraction of sp³-hybridized carbons (Fsp3) is 0.500. The standard InChI is InChI=1S/C12H13BrN2O3S/c1-18-12(10-3-2-4-11(13)15-10)5-6-19(16,17)9(7-12)8-14/h2-4,9H,5-7H2,1H3. The monoisotopic (exact) mass is 344 g/mol. The molecule has 0 aliphatic carbocycles. The molecule has 2 atom stereocenters. The highest BCUT2D eigenvalue weighted by molar-refractivity contribution is 9.10. The maximum absolute atomic E-state index is 11.8. The minimum absolute atomic E-state index is 0.0622. The van der Waals surface area contributed by atoms with Crippen LogP contribution >= 0.6 is 15.9 Å². The minimum atomic E-state index is -3.35. The number of halogens is 1. The Morgan fingerprint density at radius 3 is 2.89 bits per heavy atom. The zero-order chi connectivity index (χ0) is 14.1. The fourth-order valence-electron chi connectivity index (χ4n) is 2.29. The molecule has 19 heavy (non-hydrogen) atoms. The highest BCUT2D eigenvalue weighted by atomic mass is 79.9. The molecular formula is C12H13BrN2O3S. The van der Waals surface area contributed by atoms with Gasteiger partial charge in [0, 0.05) is 13.5 Å². The maximum atomic E-state index is 11.8. The Bertz CT molecular complexity index is 626. The van der Waals surface area contributed by atoms with E-state index in [0.717, 1.165) is 0 Å². The van der Waals surface area contributed by atoms with E-state index < -0.39 is 20.7 Å². The maximum Gasteiger partial charge on any atom is 0.166 e. The molecule has 1 saturated heterocycles. The number of ether oxygens (including phenoxy) is 1. The number of methoxy groups -OCH3 is 1. The van der Waals surface area contributed by atoms with E-state index in [4.69, 9.17) is 10.00 Å². The Balaban J connectivity index is 2.43. The zero-order valence-electron chi connectivity index (χ0n) is 10.3. The Morgan fingerprint density at radius 1 is 1.58 bits per heavy atom. The number of nitriles is 1. The topological polar surface area (TPSA) is 80.0 Å². The predicted molar refractivity (Wildman–Crippen MR) is 73.0 cm³/mol. The third-order valence-corrected chi connectivity index (χ3v) is 5.81. The van der Waals surface area contributed by atoms with E-state index in [0.29, 0.717) is 16.7 Å². The van der Waals surface area contributed by atoms with Gasteiger partial charge in [-0.15, -0.1) is 0 Å². The van der Waals surface area contributed by atoms with Crippen molar-refractivity contribution in [2.45, 2.75) is 23.7 Å². The first-order valence-corrected chi connectivity index (χ1v) is 8.24. The van der Waals surface area contributed by atoms with E-state index in [1.165, 1.54) is 7.11 Å². The molecule has 2 unspecified atom stereocenters. The van der Waals surface area contributed by atoms with Crippen LogP contribution in [0.2, 0.25) is 0 Å². The molecule has 0 spiro atoms. The number of sulfone groups is 1. The van der Waals surface area contributed by atoms with Gasteiger partial charge in [-0.05, 0) is 34.5 Å². The molecule has 1 aliphatic heterocycles. The van der Waals surface area contributed by atoms with Crippen molar-refractivity contribution in [3.05, 3.63) is 28.5 Å². The summed E-state index contributed by atoms with van der Waals surface area (Å²) in [6.07, 6.45) is 0.430. The van der Waals surface area contributed by atoms with Crippen molar-refractivity contribution in [3.63, 3.8) is 0 Å². The Labute approximate surface area is 120 Å². The number of rotatable bonds is 2. The van der Waals surface area contributed by atoms with Crippen LogP contribution in [0.5, 0.6) is 0 Å². The molecule has 102 valence electrons. The summed E-state index contributed by atoms with van der Waals surface area (Å²) >= 11 is 3.29. The van der Waals surface area contributed by atoms with Crippen LogP contribution in [0, 0.1) is 11.3 Å². The largest absolute Gasteiger partial charge is 0.372 e. The average molecular weight is 345 g/mol. The number of pyridine rings is 1. The smallest absolute Gasteiger partial charge is 0.166 e. The van der Waals surface area contributed by atoms with Crippen molar-refractivity contribution < 1.29 is 13.2 Å². The van der Waals surface area contributed by atoms with E-state index in [2.05, 4.69) is 20.9 Å². The second kappa shape index (κ2) is 5.19. The summed E-state index contributed by atoms with van der Waals surface area (Å²) in [5, 5.41) is 8.00. The molecule has 0 aromatic carbocycles. The van der Waals surface area contributed by atoms with E-state index >= 15 is 0 Å². The average Bonchev–Trinajstić information content (AvgIpc) is 2.39. The second-order valence-electron chi connectivity index (χ2n) is 4.48. The van der Waals surface area contributed by atoms with Crippen molar-refractivity contribution in [3.8, 4) is 6.07 Å². The van der Waals surface area contributed by atoms with Gasteiger partial charge >= 0.3 is 0 Å². The van der Waals surface area contributed by atoms with Gasteiger partial charge in [0.25, 0.3) is 0 Å². The molecule has 0 N–H and O–H groups in total. The van der Waals surface area contributed by atoms with Gasteiger partial charge < -0.3 is 4.74 Å². The van der Waals surface area contributed by atoms with Gasteiger partial charge in [-0.25, -0.2) is 13.4 Å². The Kier molecular flexibility index (Phi) is 3.95. The summed E-state index contributed by atoms with van der Waals surface area (Å²) in [5.41, 5.74) is -0.158. The van der Waals surface area contributed by atoms with Crippen molar-refractivity contribution >= 4 is 25.8 Å². The lowest BCUT2D eigenvalue weighted by molar-refractivity contribution is -0.0302. The van der Waals surface area contributed by atoms with Crippen LogP contribution in [-0.2, 0) is 20.2 Å². The number of hydrogen-bond acceptors (Lipinski definition) is 5. The van der Waals surface area contributed by atoms with Crippen molar-refractivity contribution in [1.82, 2.24) is 4.98 Å². The molecule has 1 aromatic heterocycles. The molecular weight excluding hydrogens is 332 g/mol. The quantitative estimate of drug-likeness (QED) is 0.764. The third kappa shape index (κ3) is 2.66. The molecule has 7 heteroatoms. The van der Waals surface area contributed by atoms with Gasteiger partial charge in [-0.1, -0.05) is 6.07 Å². The molecule has 0 saturated carbocycles. The predicted octanol–water partition coefficient (Wildman–Crippen LogP) is 1.79. The SMILES string of the molecule is COC1(c2cccc(Br)n2)CCS(=O)(=O)C(C#N)C1. The van der Waals surface area contributed by atoms with Crippen LogP contribution in [0.3, 0.4) is 0 Å². The first kappa shape index (κ1) is 14.4. The van der Waals surface area contributed by atoms with Crippen LogP contribution in [0.25, 0.3) is 0 Å². The van der Waals surface area contributed by atoms with Gasteiger partial charge in [0.1, 0.15) is 10.2 Å². The molecule has 2 heterocycles. The molecule has 1 aromatic rings. The molecule has 1 fully saturated rings. The second-order valence-corrected chi connectivity index (χ2v) is 7.60. The van der Waals surface area contributed by atoms with Crippen LogP contribution in [0.1, 0.15) is 18.5 Å². The highest BCUT2D eigenvalue weighted by Gasteiger charge is 2.46. The molecule has 0 radical (unpaired) electrons. The van der Waals surface area contributed by atoms with Crippen molar-refractivity contribution in [1.29, 1.82) is 5.26 Å². The van der Waals surface area contributed by atoms with E-state index in [1.807, 2.05) is 12.1 Å². The van der Waals surface area contributed by atoms with E-state index in [-0.39, 0.29) is 12.2 Å². The summed E-state index contributed by atoms with van der Waals surface area (Å²) < 4.78 is 29.8. The third-order valence-electron chi connectivity index (χ3n) is 3.46. The lowest BCUT2D eigenvalue weighted by Gasteiger charge is -2.37. The van der Waals surface area contributed by atoms with Crippen LogP contribution in [0.4, 0.5) is 0 Å². The lowest BCUT2D eigenvalue weighted by atomic mass is 9.89. The Morgan fingerprint density at radius 2 is 2.32 bits per heavy atom.